The van der Waals surface area contributed by atoms with Gasteiger partial charge in [-0.3, -0.25) is 14.4 Å². The summed E-state index contributed by atoms with van der Waals surface area (Å²) >= 11 is 0. The summed E-state index contributed by atoms with van der Waals surface area (Å²) in [6.07, 6.45) is 0. The summed E-state index contributed by atoms with van der Waals surface area (Å²) in [6.45, 7) is 5.12. The van der Waals surface area contributed by atoms with Gasteiger partial charge in [0.05, 0.1) is 11.3 Å². The number of hydrogen-bond acceptors (Lipinski definition) is 4. The van der Waals surface area contributed by atoms with Crippen LogP contribution in [0.2, 0.25) is 0 Å². The number of rotatable bonds is 3. The highest BCUT2D eigenvalue weighted by molar-refractivity contribution is 6.45. The lowest BCUT2D eigenvalue weighted by atomic mass is 10.0. The van der Waals surface area contributed by atoms with Crippen LogP contribution in [0, 0.1) is 13.8 Å². The van der Waals surface area contributed by atoms with E-state index in [0.717, 1.165) is 16.0 Å². The second kappa shape index (κ2) is 6.48. The molecule has 3 amide bonds. The molecule has 2 N–H and O–H groups in total. The predicted molar refractivity (Wildman–Crippen MR) is 98.7 cm³/mol. The number of imide groups is 1. The van der Waals surface area contributed by atoms with Crippen molar-refractivity contribution in [3.8, 4) is 0 Å². The van der Waals surface area contributed by atoms with Gasteiger partial charge < -0.3 is 10.4 Å². The van der Waals surface area contributed by atoms with Gasteiger partial charge in [-0.2, -0.15) is 0 Å². The van der Waals surface area contributed by atoms with E-state index in [-0.39, 0.29) is 11.5 Å². The van der Waals surface area contributed by atoms with Gasteiger partial charge in [0.2, 0.25) is 5.91 Å². The third kappa shape index (κ3) is 2.97. The van der Waals surface area contributed by atoms with Crippen LogP contribution in [-0.4, -0.2) is 22.8 Å². The molecule has 6 nitrogen and oxygen atoms in total. The second-order valence-corrected chi connectivity index (χ2v) is 6.22. The molecule has 0 unspecified atom stereocenters. The molecule has 0 radical (unpaired) electrons. The fourth-order valence-corrected chi connectivity index (χ4v) is 2.98. The summed E-state index contributed by atoms with van der Waals surface area (Å²) in [4.78, 5) is 37.4. The van der Waals surface area contributed by atoms with Crippen LogP contribution in [0.4, 0.5) is 11.4 Å². The molecule has 2 aromatic rings. The summed E-state index contributed by atoms with van der Waals surface area (Å²) in [5.74, 6) is -2.12. The number of nitrogens with one attached hydrogen (secondary N) is 1. The number of carbonyl (C=O) groups excluding carboxylic acids is 3. The topological polar surface area (TPSA) is 86.7 Å². The van der Waals surface area contributed by atoms with Crippen LogP contribution in [0.25, 0.3) is 5.57 Å². The van der Waals surface area contributed by atoms with Crippen molar-refractivity contribution < 1.29 is 19.5 Å². The molecular weight excluding hydrogens is 332 g/mol. The number of hydrogen-bond donors (Lipinski definition) is 2. The molecule has 0 spiro atoms. The number of anilines is 2. The average Bonchev–Trinajstić information content (AvgIpc) is 2.78. The van der Waals surface area contributed by atoms with Crippen LogP contribution < -0.4 is 10.2 Å². The Morgan fingerprint density at radius 2 is 1.65 bits per heavy atom. The summed E-state index contributed by atoms with van der Waals surface area (Å²) in [7, 11) is 0. The van der Waals surface area contributed by atoms with E-state index >= 15 is 0 Å². The molecule has 2 aromatic carbocycles. The van der Waals surface area contributed by atoms with Gasteiger partial charge in [0.25, 0.3) is 5.91 Å². The van der Waals surface area contributed by atoms with Gasteiger partial charge >= 0.3 is 5.91 Å². The first kappa shape index (κ1) is 17.4. The van der Waals surface area contributed by atoms with Crippen LogP contribution in [-0.2, 0) is 14.4 Å². The van der Waals surface area contributed by atoms with Crippen molar-refractivity contribution in [1.29, 1.82) is 0 Å². The van der Waals surface area contributed by atoms with Crippen molar-refractivity contribution >= 4 is 34.7 Å². The average molecular weight is 350 g/mol. The molecule has 0 saturated heterocycles. The Kier molecular flexibility index (Phi) is 4.34. The van der Waals surface area contributed by atoms with Gasteiger partial charge in [0.15, 0.2) is 5.76 Å². The number of aliphatic hydroxyl groups excluding tert-OH is 1. The molecular formula is C20H18N2O4. The Morgan fingerprint density at radius 3 is 2.23 bits per heavy atom. The van der Waals surface area contributed by atoms with Crippen LogP contribution in [0.5, 0.6) is 0 Å². The van der Waals surface area contributed by atoms with Gasteiger partial charge in [0, 0.05) is 12.6 Å². The van der Waals surface area contributed by atoms with Crippen LogP contribution in [0.1, 0.15) is 23.6 Å². The minimum Gasteiger partial charge on any atom is -0.502 e. The number of aliphatic hydroxyl groups is 1. The third-order valence-electron chi connectivity index (χ3n) is 4.15. The number of aryl methyl sites for hydroxylation is 2. The molecule has 1 aliphatic heterocycles. The van der Waals surface area contributed by atoms with Gasteiger partial charge in [-0.1, -0.05) is 29.8 Å². The standard InChI is InChI=1S/C20H18N2O4/c1-11-4-9-16(12(2)10-11)22-19(25)17(18(24)20(22)26)14-5-7-15(8-6-14)21-13(3)23/h4-10,24H,1-3H3,(H,21,23). The zero-order valence-corrected chi connectivity index (χ0v) is 14.7. The summed E-state index contributed by atoms with van der Waals surface area (Å²) < 4.78 is 0. The molecule has 26 heavy (non-hydrogen) atoms. The molecule has 0 aromatic heterocycles. The van der Waals surface area contributed by atoms with E-state index in [1.807, 2.05) is 13.0 Å². The maximum absolute atomic E-state index is 12.8. The van der Waals surface area contributed by atoms with Crippen molar-refractivity contribution in [3.05, 3.63) is 64.9 Å². The lowest BCUT2D eigenvalue weighted by Crippen LogP contribution is -2.32. The predicted octanol–water partition coefficient (Wildman–Crippen LogP) is 3.10. The Hall–Kier alpha value is -3.41. The fourth-order valence-electron chi connectivity index (χ4n) is 2.98. The first-order valence-electron chi connectivity index (χ1n) is 8.07. The van der Waals surface area contributed by atoms with Crippen molar-refractivity contribution in [2.45, 2.75) is 20.8 Å². The van der Waals surface area contributed by atoms with Crippen molar-refractivity contribution in [2.24, 2.45) is 0 Å². The maximum atomic E-state index is 12.8. The number of amides is 3. The summed E-state index contributed by atoms with van der Waals surface area (Å²) in [5, 5.41) is 12.9. The minimum atomic E-state index is -0.747. The van der Waals surface area contributed by atoms with E-state index in [0.29, 0.717) is 16.9 Å². The normalized spacial score (nSPS) is 14.2. The van der Waals surface area contributed by atoms with Crippen LogP contribution in [0.3, 0.4) is 0 Å². The van der Waals surface area contributed by atoms with Gasteiger partial charge in [-0.05, 0) is 43.2 Å². The number of benzene rings is 2. The maximum Gasteiger partial charge on any atom is 0.301 e. The molecule has 0 bridgehead atoms. The first-order valence-corrected chi connectivity index (χ1v) is 8.07. The summed E-state index contributed by atoms with van der Waals surface area (Å²) in [5.41, 5.74) is 3.14. The zero-order chi connectivity index (χ0) is 19.0. The zero-order valence-electron chi connectivity index (χ0n) is 14.7. The van der Waals surface area contributed by atoms with Crippen LogP contribution in [0.15, 0.2) is 48.2 Å². The minimum absolute atomic E-state index is 0.0515. The highest BCUT2D eigenvalue weighted by atomic mass is 16.3. The highest BCUT2D eigenvalue weighted by Crippen LogP contribution is 2.34. The largest absolute Gasteiger partial charge is 0.502 e. The monoisotopic (exact) mass is 350 g/mol. The third-order valence-corrected chi connectivity index (χ3v) is 4.15. The molecule has 6 heteroatoms. The highest BCUT2D eigenvalue weighted by Gasteiger charge is 2.40. The lowest BCUT2D eigenvalue weighted by Gasteiger charge is -2.17. The van der Waals surface area contributed by atoms with Gasteiger partial charge in [-0.15, -0.1) is 0 Å². The Labute approximate surface area is 150 Å². The quantitative estimate of drug-likeness (QED) is 0.833. The lowest BCUT2D eigenvalue weighted by molar-refractivity contribution is -0.121. The number of nitrogens with zero attached hydrogens (tertiary/aromatic N) is 1. The van der Waals surface area contributed by atoms with E-state index in [1.54, 1.807) is 43.3 Å². The fraction of sp³-hybridized carbons (Fsp3) is 0.150. The Balaban J connectivity index is 1.97. The molecule has 1 aliphatic rings. The van der Waals surface area contributed by atoms with Crippen LogP contribution >= 0.6 is 0 Å². The first-order chi connectivity index (χ1) is 12.3. The van der Waals surface area contributed by atoms with Gasteiger partial charge in [0.1, 0.15) is 0 Å². The smallest absolute Gasteiger partial charge is 0.301 e. The van der Waals surface area contributed by atoms with E-state index in [1.165, 1.54) is 6.92 Å². The van der Waals surface area contributed by atoms with Crippen molar-refractivity contribution in [3.63, 3.8) is 0 Å². The molecule has 132 valence electrons. The second-order valence-electron chi connectivity index (χ2n) is 6.22. The Bertz CT molecular complexity index is 958. The van der Waals surface area contributed by atoms with E-state index in [9.17, 15) is 19.5 Å². The summed E-state index contributed by atoms with van der Waals surface area (Å²) in [6, 6.07) is 11.7. The molecule has 0 aliphatic carbocycles. The van der Waals surface area contributed by atoms with E-state index in [4.69, 9.17) is 0 Å². The molecule has 0 fully saturated rings. The SMILES string of the molecule is CC(=O)Nc1ccc(C2=C(O)C(=O)N(c3ccc(C)cc3C)C2=O)cc1. The Morgan fingerprint density at radius 1 is 1.00 bits per heavy atom. The van der Waals surface area contributed by atoms with E-state index < -0.39 is 17.6 Å². The molecule has 1 heterocycles. The van der Waals surface area contributed by atoms with Crippen molar-refractivity contribution in [1.82, 2.24) is 0 Å². The van der Waals surface area contributed by atoms with Crippen molar-refractivity contribution in [2.75, 3.05) is 10.2 Å². The van der Waals surface area contributed by atoms with Gasteiger partial charge in [-0.25, -0.2) is 4.90 Å². The molecule has 3 rings (SSSR count). The molecule has 0 saturated carbocycles. The number of carbonyl (C=O) groups is 3. The molecule has 0 atom stereocenters. The van der Waals surface area contributed by atoms with E-state index in [2.05, 4.69) is 5.32 Å².